The molecule has 0 unspecified atom stereocenters. The van der Waals surface area contributed by atoms with Crippen LogP contribution in [0.5, 0.6) is 0 Å². The molecule has 0 atom stereocenters. The van der Waals surface area contributed by atoms with E-state index in [1.54, 1.807) is 0 Å². The van der Waals surface area contributed by atoms with Gasteiger partial charge in [-0.25, -0.2) is 0 Å². The molecule has 7 rings (SSSR count). The summed E-state index contributed by atoms with van der Waals surface area (Å²) in [5, 5.41) is 3.63. The fourth-order valence-corrected chi connectivity index (χ4v) is 7.73. The minimum atomic E-state index is 0.175. The molecule has 1 aliphatic rings. The Morgan fingerprint density at radius 1 is 0.763 bits per heavy atom. The van der Waals surface area contributed by atoms with E-state index >= 15 is 0 Å². The van der Waals surface area contributed by atoms with Crippen LogP contribution in [-0.4, -0.2) is 0 Å². The van der Waals surface area contributed by atoms with Crippen LogP contribution in [0.2, 0.25) is 0 Å². The van der Waals surface area contributed by atoms with Crippen LogP contribution in [0.4, 0.5) is 0 Å². The minimum Gasteiger partial charge on any atom is -0.455 e. The first-order chi connectivity index (χ1) is 18.1. The molecule has 38 heavy (non-hydrogen) atoms. The molecular formula is C35H34NOS+. The van der Waals surface area contributed by atoms with E-state index in [0.29, 0.717) is 0 Å². The van der Waals surface area contributed by atoms with Crippen LogP contribution < -0.4 is 4.57 Å². The molecule has 2 heterocycles. The van der Waals surface area contributed by atoms with Crippen LogP contribution in [0, 0.1) is 6.92 Å². The van der Waals surface area contributed by atoms with Crippen molar-refractivity contribution >= 4 is 43.5 Å². The van der Waals surface area contributed by atoms with Gasteiger partial charge >= 0.3 is 0 Å². The Hall–Kier alpha value is -3.43. The molecule has 0 saturated carbocycles. The fraction of sp³-hybridized carbons (Fsp3) is 0.286. The van der Waals surface area contributed by atoms with Gasteiger partial charge in [-0.3, -0.25) is 0 Å². The fourth-order valence-electron chi connectivity index (χ4n) is 6.50. The largest absolute Gasteiger partial charge is 0.455 e. The smallest absolute Gasteiger partial charge is 0.270 e. The molecule has 0 spiro atoms. The lowest BCUT2D eigenvalue weighted by Crippen LogP contribution is -2.33. The van der Waals surface area contributed by atoms with Crippen LogP contribution >= 0.6 is 11.3 Å². The third-order valence-electron chi connectivity index (χ3n) is 8.98. The average Bonchev–Trinajstić information content (AvgIpc) is 3.43. The molecule has 0 fully saturated rings. The summed E-state index contributed by atoms with van der Waals surface area (Å²) in [6, 6.07) is 26.9. The second-order valence-corrected chi connectivity index (χ2v) is 13.4. The molecule has 190 valence electrons. The summed E-state index contributed by atoms with van der Waals surface area (Å²) < 4.78 is 10.3. The summed E-state index contributed by atoms with van der Waals surface area (Å²) in [4.78, 5) is 0. The maximum Gasteiger partial charge on any atom is 0.270 e. The van der Waals surface area contributed by atoms with Gasteiger partial charge in [0, 0.05) is 22.4 Å². The van der Waals surface area contributed by atoms with E-state index in [4.69, 9.17) is 4.42 Å². The zero-order valence-electron chi connectivity index (χ0n) is 23.1. The molecular weight excluding hydrogens is 482 g/mol. The molecule has 0 aliphatic heterocycles. The van der Waals surface area contributed by atoms with Crippen LogP contribution in [0.15, 0.2) is 77.2 Å². The summed E-state index contributed by atoms with van der Waals surface area (Å²) in [7, 11) is 2.17. The average molecular weight is 517 g/mol. The van der Waals surface area contributed by atoms with E-state index in [-0.39, 0.29) is 10.8 Å². The van der Waals surface area contributed by atoms with E-state index in [1.165, 1.54) is 72.2 Å². The summed E-state index contributed by atoms with van der Waals surface area (Å²) in [5.74, 6) is 0. The third-order valence-corrected chi connectivity index (χ3v) is 10.2. The maximum absolute atomic E-state index is 6.63. The summed E-state index contributed by atoms with van der Waals surface area (Å²) in [5.41, 5.74) is 11.5. The molecule has 3 heteroatoms. The van der Waals surface area contributed by atoms with Gasteiger partial charge in [-0.15, -0.1) is 0 Å². The number of hydrogen-bond donors (Lipinski definition) is 0. The van der Waals surface area contributed by atoms with Crippen molar-refractivity contribution in [3.8, 4) is 21.7 Å². The molecule has 2 aromatic heterocycles. The van der Waals surface area contributed by atoms with E-state index in [0.717, 1.165) is 11.2 Å². The molecule has 1 aliphatic carbocycles. The van der Waals surface area contributed by atoms with Gasteiger partial charge < -0.3 is 4.42 Å². The molecule has 0 N–H and O–H groups in total. The number of rotatable bonds is 2. The maximum atomic E-state index is 6.63. The van der Waals surface area contributed by atoms with E-state index in [9.17, 15) is 0 Å². The number of aromatic nitrogens is 1. The quantitative estimate of drug-likeness (QED) is 0.209. The Balaban J connectivity index is 1.43. The first-order valence-electron chi connectivity index (χ1n) is 13.6. The van der Waals surface area contributed by atoms with E-state index in [2.05, 4.69) is 119 Å². The van der Waals surface area contributed by atoms with E-state index < -0.39 is 0 Å². The van der Waals surface area contributed by atoms with Gasteiger partial charge in [0.05, 0.1) is 5.56 Å². The van der Waals surface area contributed by atoms with Crippen LogP contribution in [0.25, 0.3) is 53.9 Å². The highest BCUT2D eigenvalue weighted by Crippen LogP contribution is 2.47. The van der Waals surface area contributed by atoms with Gasteiger partial charge in [-0.05, 0) is 71.0 Å². The van der Waals surface area contributed by atoms with E-state index in [1.807, 2.05) is 11.3 Å². The first-order valence-corrected chi connectivity index (χ1v) is 14.4. The zero-order valence-corrected chi connectivity index (χ0v) is 23.9. The van der Waals surface area contributed by atoms with Crippen molar-refractivity contribution < 1.29 is 8.98 Å². The van der Waals surface area contributed by atoms with Crippen molar-refractivity contribution in [2.45, 2.75) is 58.3 Å². The first kappa shape index (κ1) is 23.7. The number of para-hydroxylation sites is 2. The predicted molar refractivity (Wildman–Crippen MR) is 161 cm³/mol. The second kappa shape index (κ2) is 8.04. The van der Waals surface area contributed by atoms with Gasteiger partial charge in [0.15, 0.2) is 0 Å². The Morgan fingerprint density at radius 3 is 2.32 bits per heavy atom. The molecule has 0 saturated heterocycles. The van der Waals surface area contributed by atoms with Gasteiger partial charge in [0.25, 0.3) is 5.01 Å². The number of thiazole rings is 1. The summed E-state index contributed by atoms with van der Waals surface area (Å²) >= 11 is 1.85. The van der Waals surface area contributed by atoms with Crippen molar-refractivity contribution in [2.75, 3.05) is 0 Å². The van der Waals surface area contributed by atoms with Crippen molar-refractivity contribution in [3.05, 3.63) is 89.5 Å². The Morgan fingerprint density at radius 2 is 1.53 bits per heavy atom. The lowest BCUT2D eigenvalue weighted by Gasteiger charge is -2.42. The number of benzene rings is 4. The topological polar surface area (TPSA) is 17.0 Å². The molecule has 4 aromatic carbocycles. The van der Waals surface area contributed by atoms with Gasteiger partial charge in [0.2, 0.25) is 5.52 Å². The van der Waals surface area contributed by atoms with Gasteiger partial charge in [-0.1, -0.05) is 87.6 Å². The lowest BCUT2D eigenvalue weighted by molar-refractivity contribution is -0.629. The normalized spacial score (nSPS) is 16.4. The summed E-state index contributed by atoms with van der Waals surface area (Å²) in [6.45, 7) is 11.8. The monoisotopic (exact) mass is 516 g/mol. The SMILES string of the molecule is Cc1cc2oc3c(-c4ccc5c(c4)C(C)(C)CCC5(C)C)cccc3c2cc1-c1sc2ccccc2[n+]1C. The molecule has 2 nitrogen and oxygen atoms in total. The van der Waals surface area contributed by atoms with Crippen LogP contribution in [0.3, 0.4) is 0 Å². The zero-order chi connectivity index (χ0) is 26.4. The Bertz CT molecular complexity index is 1900. The Labute approximate surface area is 228 Å². The Kier molecular flexibility index (Phi) is 5.01. The molecule has 0 radical (unpaired) electrons. The minimum absolute atomic E-state index is 0.175. The van der Waals surface area contributed by atoms with Gasteiger partial charge in [0.1, 0.15) is 22.9 Å². The predicted octanol–water partition coefficient (Wildman–Crippen LogP) is 9.62. The highest BCUT2D eigenvalue weighted by molar-refractivity contribution is 7.21. The summed E-state index contributed by atoms with van der Waals surface area (Å²) in [6.07, 6.45) is 2.44. The van der Waals surface area contributed by atoms with Gasteiger partial charge in [-0.2, -0.15) is 4.57 Å². The van der Waals surface area contributed by atoms with Crippen LogP contribution in [0.1, 0.15) is 57.2 Å². The van der Waals surface area contributed by atoms with Crippen molar-refractivity contribution in [1.82, 2.24) is 0 Å². The van der Waals surface area contributed by atoms with Crippen LogP contribution in [-0.2, 0) is 17.9 Å². The second-order valence-electron chi connectivity index (χ2n) is 12.4. The molecule has 0 bridgehead atoms. The molecule has 0 amide bonds. The molecule has 6 aromatic rings. The van der Waals surface area contributed by atoms with Crippen molar-refractivity contribution in [3.63, 3.8) is 0 Å². The van der Waals surface area contributed by atoms with Crippen molar-refractivity contribution in [2.24, 2.45) is 7.05 Å². The number of furan rings is 1. The number of aryl methyl sites for hydroxylation is 2. The highest BCUT2D eigenvalue weighted by atomic mass is 32.1. The highest BCUT2D eigenvalue weighted by Gasteiger charge is 2.37. The number of nitrogens with zero attached hydrogens (tertiary/aromatic N) is 1. The number of hydrogen-bond acceptors (Lipinski definition) is 2. The van der Waals surface area contributed by atoms with Crippen molar-refractivity contribution in [1.29, 1.82) is 0 Å². The standard InChI is InChI=1S/C35H34NOS/c1-21-18-30-26(20-25(21)33-36(6)29-12-7-8-13-31(29)38-33)24-11-9-10-23(32(24)37-30)22-14-15-27-28(19-22)35(4,5)17-16-34(27,2)3/h7-15,18-20H,16-17H2,1-6H3/q+1. The third kappa shape index (κ3) is 3.41. The lowest BCUT2D eigenvalue weighted by atomic mass is 9.63. The number of fused-ring (bicyclic) bond motifs is 5.